The van der Waals surface area contributed by atoms with Crippen molar-refractivity contribution in [3.8, 4) is 0 Å². The zero-order valence-corrected chi connectivity index (χ0v) is 14.2. The van der Waals surface area contributed by atoms with Crippen molar-refractivity contribution in [2.75, 3.05) is 13.1 Å². The Morgan fingerprint density at radius 3 is 2.95 bits per heavy atom. The molecule has 0 unspecified atom stereocenters. The fraction of sp³-hybridized carbons (Fsp3) is 0.688. The van der Waals surface area contributed by atoms with Crippen LogP contribution in [-0.4, -0.2) is 35.7 Å². The van der Waals surface area contributed by atoms with Gasteiger partial charge in [-0.2, -0.15) is 0 Å². The smallest absolute Gasteiger partial charge is 0.410 e. The number of nitrogens with zero attached hydrogens (tertiary/aromatic N) is 1. The Balaban J connectivity index is 1.86. The van der Waals surface area contributed by atoms with Gasteiger partial charge in [0.15, 0.2) is 0 Å². The number of rotatable bonds is 4. The quantitative estimate of drug-likeness (QED) is 0.919. The molecule has 1 aliphatic rings. The molecule has 1 aromatic rings. The molecule has 4 nitrogen and oxygen atoms in total. The zero-order chi connectivity index (χ0) is 15.5. The van der Waals surface area contributed by atoms with Crippen molar-refractivity contribution >= 4 is 17.4 Å². The summed E-state index contributed by atoms with van der Waals surface area (Å²) in [6.07, 6.45) is 1.91. The molecule has 0 bridgehead atoms. The Hall–Kier alpha value is -1.07. The minimum Gasteiger partial charge on any atom is -0.444 e. The van der Waals surface area contributed by atoms with Gasteiger partial charge in [-0.3, -0.25) is 0 Å². The van der Waals surface area contributed by atoms with Crippen molar-refractivity contribution < 1.29 is 9.53 Å². The first-order chi connectivity index (χ1) is 9.87. The van der Waals surface area contributed by atoms with Gasteiger partial charge in [0.2, 0.25) is 0 Å². The second-order valence-corrected chi connectivity index (χ2v) is 7.59. The van der Waals surface area contributed by atoms with Gasteiger partial charge in [-0.15, -0.1) is 11.3 Å². The highest BCUT2D eigenvalue weighted by molar-refractivity contribution is 7.10. The lowest BCUT2D eigenvalue weighted by molar-refractivity contribution is 0.0225. The van der Waals surface area contributed by atoms with Crippen LogP contribution in [0.5, 0.6) is 0 Å². The Kier molecular flexibility index (Phi) is 5.27. The monoisotopic (exact) mass is 310 g/mol. The standard InChI is InChI=1S/C16H26N2O2S/c1-12(14-8-6-10-21-14)17-11-13-7-5-9-18(13)15(19)20-16(2,3)4/h6,8,10,12-13,17H,5,7,9,11H2,1-4H3/t12-,13+/m0/s1. The van der Waals surface area contributed by atoms with Gasteiger partial charge in [0.25, 0.3) is 0 Å². The van der Waals surface area contributed by atoms with E-state index in [4.69, 9.17) is 4.74 Å². The molecule has 21 heavy (non-hydrogen) atoms. The molecular weight excluding hydrogens is 284 g/mol. The van der Waals surface area contributed by atoms with Crippen molar-refractivity contribution in [1.29, 1.82) is 0 Å². The normalized spacial score (nSPS) is 20.6. The van der Waals surface area contributed by atoms with Crippen molar-refractivity contribution in [2.24, 2.45) is 0 Å². The molecule has 1 amide bonds. The molecule has 0 radical (unpaired) electrons. The van der Waals surface area contributed by atoms with E-state index >= 15 is 0 Å². The summed E-state index contributed by atoms with van der Waals surface area (Å²) in [5, 5.41) is 5.63. The SMILES string of the molecule is C[C@H](NC[C@H]1CCCN1C(=O)OC(C)(C)C)c1cccs1. The number of nitrogens with one attached hydrogen (secondary N) is 1. The average Bonchev–Trinajstić information content (AvgIpc) is 3.04. The highest BCUT2D eigenvalue weighted by Gasteiger charge is 2.32. The van der Waals surface area contributed by atoms with Crippen LogP contribution in [0.2, 0.25) is 0 Å². The van der Waals surface area contributed by atoms with Gasteiger partial charge in [-0.25, -0.2) is 4.79 Å². The number of likely N-dealkylation sites (tertiary alicyclic amines) is 1. The van der Waals surface area contributed by atoms with Gasteiger partial charge in [-0.1, -0.05) is 6.07 Å². The maximum Gasteiger partial charge on any atom is 0.410 e. The van der Waals surface area contributed by atoms with E-state index in [2.05, 4.69) is 29.8 Å². The fourth-order valence-electron chi connectivity index (χ4n) is 2.56. The van der Waals surface area contributed by atoms with Crippen molar-refractivity contribution in [2.45, 2.75) is 58.2 Å². The van der Waals surface area contributed by atoms with Gasteiger partial charge < -0.3 is 15.0 Å². The van der Waals surface area contributed by atoms with Crippen LogP contribution in [0.1, 0.15) is 51.5 Å². The van der Waals surface area contributed by atoms with Crippen LogP contribution in [0, 0.1) is 0 Å². The van der Waals surface area contributed by atoms with Gasteiger partial charge in [0.05, 0.1) is 0 Å². The third kappa shape index (κ3) is 4.71. The summed E-state index contributed by atoms with van der Waals surface area (Å²) >= 11 is 1.76. The van der Waals surface area contributed by atoms with Crippen LogP contribution in [0.15, 0.2) is 17.5 Å². The van der Waals surface area contributed by atoms with Crippen LogP contribution in [0.3, 0.4) is 0 Å². The minimum absolute atomic E-state index is 0.185. The number of hydrogen-bond donors (Lipinski definition) is 1. The van der Waals surface area contributed by atoms with E-state index in [1.54, 1.807) is 11.3 Å². The van der Waals surface area contributed by atoms with Crippen LogP contribution < -0.4 is 5.32 Å². The van der Waals surface area contributed by atoms with E-state index in [9.17, 15) is 4.79 Å². The molecule has 118 valence electrons. The fourth-order valence-corrected chi connectivity index (χ4v) is 3.32. The molecule has 5 heteroatoms. The number of thiophene rings is 1. The van der Waals surface area contributed by atoms with Crippen molar-refractivity contribution in [3.63, 3.8) is 0 Å². The molecule has 1 aromatic heterocycles. The molecule has 1 N–H and O–H groups in total. The maximum absolute atomic E-state index is 12.2. The maximum atomic E-state index is 12.2. The van der Waals surface area contributed by atoms with Crippen molar-refractivity contribution in [1.82, 2.24) is 10.2 Å². The predicted molar refractivity (Wildman–Crippen MR) is 86.7 cm³/mol. The number of carbonyl (C=O) groups excluding carboxylic acids is 1. The summed E-state index contributed by atoms with van der Waals surface area (Å²) in [5.41, 5.74) is -0.429. The van der Waals surface area contributed by atoms with Gasteiger partial charge in [0.1, 0.15) is 5.60 Å². The summed E-state index contributed by atoms with van der Waals surface area (Å²) in [6, 6.07) is 4.77. The van der Waals surface area contributed by atoms with Crippen LogP contribution in [-0.2, 0) is 4.74 Å². The van der Waals surface area contributed by atoms with E-state index in [1.165, 1.54) is 4.88 Å². The second-order valence-electron chi connectivity index (χ2n) is 6.62. The van der Waals surface area contributed by atoms with E-state index < -0.39 is 5.60 Å². The lowest BCUT2D eigenvalue weighted by Gasteiger charge is -2.29. The summed E-state index contributed by atoms with van der Waals surface area (Å²) < 4.78 is 5.49. The molecule has 1 aliphatic heterocycles. The van der Waals surface area contributed by atoms with E-state index in [-0.39, 0.29) is 12.1 Å². The summed E-state index contributed by atoms with van der Waals surface area (Å²) in [7, 11) is 0. The van der Waals surface area contributed by atoms with E-state index in [0.717, 1.165) is 25.9 Å². The largest absolute Gasteiger partial charge is 0.444 e. The van der Waals surface area contributed by atoms with Crippen LogP contribution in [0.4, 0.5) is 4.79 Å². The number of ether oxygens (including phenoxy) is 1. The molecule has 0 saturated carbocycles. The number of hydrogen-bond acceptors (Lipinski definition) is 4. The third-order valence-electron chi connectivity index (χ3n) is 3.63. The first kappa shape index (κ1) is 16.3. The molecular formula is C16H26N2O2S. The summed E-state index contributed by atoms with van der Waals surface area (Å²) in [4.78, 5) is 15.4. The van der Waals surface area contributed by atoms with Gasteiger partial charge in [-0.05, 0) is 52.0 Å². The predicted octanol–water partition coefficient (Wildman–Crippen LogP) is 3.80. The molecule has 0 spiro atoms. The molecule has 2 rings (SSSR count). The molecule has 2 atom stereocenters. The topological polar surface area (TPSA) is 41.6 Å². The Morgan fingerprint density at radius 1 is 1.57 bits per heavy atom. The van der Waals surface area contributed by atoms with E-state index in [0.29, 0.717) is 6.04 Å². The molecule has 1 saturated heterocycles. The van der Waals surface area contributed by atoms with Gasteiger partial charge >= 0.3 is 6.09 Å². The third-order valence-corrected chi connectivity index (χ3v) is 4.69. The van der Waals surface area contributed by atoms with Crippen molar-refractivity contribution in [3.05, 3.63) is 22.4 Å². The molecule has 2 heterocycles. The lowest BCUT2D eigenvalue weighted by Crippen LogP contribution is -2.44. The second kappa shape index (κ2) is 6.79. The first-order valence-corrected chi connectivity index (χ1v) is 8.51. The highest BCUT2D eigenvalue weighted by atomic mass is 32.1. The molecule has 0 aromatic carbocycles. The average molecular weight is 310 g/mol. The highest BCUT2D eigenvalue weighted by Crippen LogP contribution is 2.22. The van der Waals surface area contributed by atoms with Gasteiger partial charge in [0, 0.05) is 30.1 Å². The molecule has 0 aliphatic carbocycles. The van der Waals surface area contributed by atoms with Crippen LogP contribution >= 0.6 is 11.3 Å². The summed E-state index contributed by atoms with van der Waals surface area (Å²) in [5.74, 6) is 0. The first-order valence-electron chi connectivity index (χ1n) is 7.63. The van der Waals surface area contributed by atoms with E-state index in [1.807, 2.05) is 25.7 Å². The van der Waals surface area contributed by atoms with Crippen LogP contribution in [0.25, 0.3) is 0 Å². The number of amides is 1. The minimum atomic E-state index is -0.429. The molecule has 1 fully saturated rings. The Labute approximate surface area is 131 Å². The Bertz CT molecular complexity index is 453. The lowest BCUT2D eigenvalue weighted by atomic mass is 10.2. The summed E-state index contributed by atoms with van der Waals surface area (Å²) in [6.45, 7) is 9.51. The Morgan fingerprint density at radius 2 is 2.33 bits per heavy atom. The number of carbonyl (C=O) groups is 1. The zero-order valence-electron chi connectivity index (χ0n) is 13.4.